The molecule has 1 aromatic heterocycles. The van der Waals surface area contributed by atoms with Crippen LogP contribution < -0.4 is 5.73 Å². The van der Waals surface area contributed by atoms with E-state index in [9.17, 15) is 4.39 Å². The van der Waals surface area contributed by atoms with Crippen LogP contribution in [0.2, 0.25) is 0 Å². The Morgan fingerprint density at radius 2 is 1.95 bits per heavy atom. The number of nitrogens with zero attached hydrogens (tertiary/aromatic N) is 1. The third-order valence-corrected chi connectivity index (χ3v) is 3.58. The van der Waals surface area contributed by atoms with Gasteiger partial charge in [-0.2, -0.15) is 0 Å². The van der Waals surface area contributed by atoms with Crippen LogP contribution in [0.15, 0.2) is 47.3 Å². The third kappa shape index (κ3) is 3.46. The molecule has 108 valence electrons. The summed E-state index contributed by atoms with van der Waals surface area (Å²) >= 11 is 0. The van der Waals surface area contributed by atoms with Crippen molar-refractivity contribution in [1.29, 1.82) is 0 Å². The van der Waals surface area contributed by atoms with Gasteiger partial charge < -0.3 is 10.2 Å². The lowest BCUT2D eigenvalue weighted by Gasteiger charge is -2.32. The molecule has 1 heterocycles. The summed E-state index contributed by atoms with van der Waals surface area (Å²) in [7, 11) is 2.02. The van der Waals surface area contributed by atoms with Crippen molar-refractivity contribution < 1.29 is 8.81 Å². The Bertz CT molecular complexity index is 510. The first-order valence-corrected chi connectivity index (χ1v) is 6.84. The average molecular weight is 276 g/mol. The van der Waals surface area contributed by atoms with E-state index in [0.717, 1.165) is 24.1 Å². The Labute approximate surface area is 119 Å². The van der Waals surface area contributed by atoms with Crippen LogP contribution in [0.1, 0.15) is 30.5 Å². The maximum Gasteiger partial charge on any atom is 0.123 e. The van der Waals surface area contributed by atoms with E-state index in [4.69, 9.17) is 10.2 Å². The zero-order valence-electron chi connectivity index (χ0n) is 11.9. The Kier molecular flexibility index (Phi) is 4.93. The molecule has 2 aromatic rings. The number of hydrogen-bond acceptors (Lipinski definition) is 3. The van der Waals surface area contributed by atoms with Gasteiger partial charge in [-0.1, -0.05) is 19.1 Å². The molecule has 0 fully saturated rings. The predicted molar refractivity (Wildman–Crippen MR) is 77.6 cm³/mol. The molecule has 0 aliphatic heterocycles. The SMILES string of the molecule is CCC(N)C(c1ccc(F)cc1)N(C)Cc1ccoc1. The molecule has 0 radical (unpaired) electrons. The zero-order valence-corrected chi connectivity index (χ0v) is 11.9. The minimum Gasteiger partial charge on any atom is -0.472 e. The molecular formula is C16H21FN2O. The molecular weight excluding hydrogens is 255 g/mol. The van der Waals surface area contributed by atoms with E-state index in [0.29, 0.717) is 0 Å². The normalized spacial score (nSPS) is 14.4. The Hall–Kier alpha value is -1.65. The predicted octanol–water partition coefficient (Wildman–Crippen LogP) is 3.33. The summed E-state index contributed by atoms with van der Waals surface area (Å²) in [4.78, 5) is 2.17. The molecule has 0 bridgehead atoms. The first-order chi connectivity index (χ1) is 9.61. The molecule has 0 saturated heterocycles. The van der Waals surface area contributed by atoms with Crippen molar-refractivity contribution >= 4 is 0 Å². The lowest BCUT2D eigenvalue weighted by molar-refractivity contribution is 0.201. The van der Waals surface area contributed by atoms with Crippen molar-refractivity contribution in [2.75, 3.05) is 7.05 Å². The highest BCUT2D eigenvalue weighted by atomic mass is 19.1. The molecule has 1 aromatic carbocycles. The summed E-state index contributed by atoms with van der Waals surface area (Å²) < 4.78 is 18.2. The smallest absolute Gasteiger partial charge is 0.123 e. The van der Waals surface area contributed by atoms with Crippen LogP contribution >= 0.6 is 0 Å². The fraction of sp³-hybridized carbons (Fsp3) is 0.375. The van der Waals surface area contributed by atoms with E-state index in [-0.39, 0.29) is 17.9 Å². The fourth-order valence-corrected chi connectivity index (χ4v) is 2.48. The van der Waals surface area contributed by atoms with Gasteiger partial charge in [0.2, 0.25) is 0 Å². The largest absolute Gasteiger partial charge is 0.472 e. The van der Waals surface area contributed by atoms with Crippen LogP contribution in [-0.2, 0) is 6.54 Å². The number of likely N-dealkylation sites (N-methyl/N-ethyl adjacent to an activating group) is 1. The molecule has 0 spiro atoms. The van der Waals surface area contributed by atoms with E-state index in [1.807, 2.05) is 13.1 Å². The van der Waals surface area contributed by atoms with Gasteiger partial charge in [-0.05, 0) is 37.2 Å². The summed E-state index contributed by atoms with van der Waals surface area (Å²) in [5, 5.41) is 0. The van der Waals surface area contributed by atoms with E-state index >= 15 is 0 Å². The summed E-state index contributed by atoms with van der Waals surface area (Å²) in [5.74, 6) is -0.227. The van der Waals surface area contributed by atoms with Crippen molar-refractivity contribution in [1.82, 2.24) is 4.90 Å². The molecule has 2 N–H and O–H groups in total. The van der Waals surface area contributed by atoms with Crippen LogP contribution in [0.25, 0.3) is 0 Å². The quantitative estimate of drug-likeness (QED) is 0.880. The molecule has 0 amide bonds. The van der Waals surface area contributed by atoms with E-state index in [2.05, 4.69) is 11.8 Å². The Morgan fingerprint density at radius 1 is 1.25 bits per heavy atom. The van der Waals surface area contributed by atoms with Gasteiger partial charge in [-0.15, -0.1) is 0 Å². The second-order valence-electron chi connectivity index (χ2n) is 5.12. The number of benzene rings is 1. The number of furan rings is 1. The molecule has 4 heteroatoms. The molecule has 2 atom stereocenters. The van der Waals surface area contributed by atoms with Crippen molar-refractivity contribution in [2.24, 2.45) is 5.73 Å². The zero-order chi connectivity index (χ0) is 14.5. The van der Waals surface area contributed by atoms with E-state index < -0.39 is 0 Å². The van der Waals surface area contributed by atoms with Crippen LogP contribution in [0.5, 0.6) is 0 Å². The first kappa shape index (κ1) is 14.8. The Morgan fingerprint density at radius 3 is 2.50 bits per heavy atom. The number of rotatable bonds is 6. The second-order valence-corrected chi connectivity index (χ2v) is 5.12. The monoisotopic (exact) mass is 276 g/mol. The van der Waals surface area contributed by atoms with Crippen LogP contribution in [0, 0.1) is 5.82 Å². The lowest BCUT2D eigenvalue weighted by Crippen LogP contribution is -2.38. The molecule has 2 rings (SSSR count). The van der Waals surface area contributed by atoms with Crippen molar-refractivity contribution in [3.8, 4) is 0 Å². The van der Waals surface area contributed by atoms with Gasteiger partial charge in [0.1, 0.15) is 5.82 Å². The van der Waals surface area contributed by atoms with Crippen LogP contribution in [0.3, 0.4) is 0 Å². The number of hydrogen-bond donors (Lipinski definition) is 1. The maximum atomic E-state index is 13.1. The standard InChI is InChI=1S/C16H21FN2O/c1-3-15(18)16(13-4-6-14(17)7-5-13)19(2)10-12-8-9-20-11-12/h4-9,11,15-16H,3,10,18H2,1-2H3. The van der Waals surface area contributed by atoms with Gasteiger partial charge in [0.05, 0.1) is 12.5 Å². The number of nitrogens with two attached hydrogens (primary N) is 1. The topological polar surface area (TPSA) is 42.4 Å². The highest BCUT2D eigenvalue weighted by Gasteiger charge is 2.23. The van der Waals surface area contributed by atoms with Crippen molar-refractivity contribution in [3.63, 3.8) is 0 Å². The molecule has 2 unspecified atom stereocenters. The summed E-state index contributed by atoms with van der Waals surface area (Å²) in [6.07, 6.45) is 4.25. The van der Waals surface area contributed by atoms with Gasteiger partial charge >= 0.3 is 0 Å². The molecule has 3 nitrogen and oxygen atoms in total. The highest BCUT2D eigenvalue weighted by Crippen LogP contribution is 2.25. The molecule has 0 aliphatic carbocycles. The van der Waals surface area contributed by atoms with E-state index in [1.165, 1.54) is 12.1 Å². The molecule has 0 saturated carbocycles. The minimum absolute atomic E-state index is 0.00244. The second kappa shape index (κ2) is 6.68. The Balaban J connectivity index is 2.20. The van der Waals surface area contributed by atoms with Gasteiger partial charge in [0.15, 0.2) is 0 Å². The van der Waals surface area contributed by atoms with Gasteiger partial charge in [0, 0.05) is 24.2 Å². The van der Waals surface area contributed by atoms with Gasteiger partial charge in [-0.3, -0.25) is 4.90 Å². The summed E-state index contributed by atoms with van der Waals surface area (Å²) in [6, 6.07) is 8.57. The third-order valence-electron chi connectivity index (χ3n) is 3.58. The maximum absolute atomic E-state index is 13.1. The van der Waals surface area contributed by atoms with E-state index in [1.54, 1.807) is 24.7 Å². The summed E-state index contributed by atoms with van der Waals surface area (Å²) in [6.45, 7) is 2.80. The molecule has 0 aliphatic rings. The fourth-order valence-electron chi connectivity index (χ4n) is 2.48. The van der Waals surface area contributed by atoms with Crippen molar-refractivity contribution in [2.45, 2.75) is 32.0 Å². The average Bonchev–Trinajstić information content (AvgIpc) is 2.94. The highest BCUT2D eigenvalue weighted by molar-refractivity contribution is 5.22. The number of halogens is 1. The lowest BCUT2D eigenvalue weighted by atomic mass is 9.96. The van der Waals surface area contributed by atoms with Crippen LogP contribution in [-0.4, -0.2) is 18.0 Å². The molecule has 20 heavy (non-hydrogen) atoms. The van der Waals surface area contributed by atoms with Gasteiger partial charge in [0.25, 0.3) is 0 Å². The first-order valence-electron chi connectivity index (χ1n) is 6.84. The van der Waals surface area contributed by atoms with Gasteiger partial charge in [-0.25, -0.2) is 4.39 Å². The minimum atomic E-state index is -0.227. The van der Waals surface area contributed by atoms with Crippen molar-refractivity contribution in [3.05, 3.63) is 59.8 Å². The van der Waals surface area contributed by atoms with Crippen LogP contribution in [0.4, 0.5) is 4.39 Å². The summed E-state index contributed by atoms with van der Waals surface area (Å²) in [5.41, 5.74) is 8.39.